The Bertz CT molecular complexity index is 868. The van der Waals surface area contributed by atoms with Gasteiger partial charge in [0, 0.05) is 36.9 Å². The van der Waals surface area contributed by atoms with Gasteiger partial charge >= 0.3 is 0 Å². The lowest BCUT2D eigenvalue weighted by molar-refractivity contribution is 0.0941. The van der Waals surface area contributed by atoms with Crippen molar-refractivity contribution in [2.45, 2.75) is 44.2 Å². The van der Waals surface area contributed by atoms with Crippen molar-refractivity contribution in [3.63, 3.8) is 0 Å². The Hall–Kier alpha value is -2.38. The van der Waals surface area contributed by atoms with Crippen LogP contribution in [0.3, 0.4) is 0 Å². The van der Waals surface area contributed by atoms with Crippen molar-refractivity contribution in [3.05, 3.63) is 60.2 Å². The van der Waals surface area contributed by atoms with Gasteiger partial charge in [-0.05, 0) is 56.7 Å². The van der Waals surface area contributed by atoms with E-state index in [2.05, 4.69) is 14.9 Å². The third-order valence-electron chi connectivity index (χ3n) is 4.52. The highest BCUT2D eigenvalue weighted by Crippen LogP contribution is 2.13. The van der Waals surface area contributed by atoms with Crippen LogP contribution in [0.15, 0.2) is 59.5 Å². The molecule has 0 heterocycles. The SMILES string of the molecule is CCC(C)NS(=O)(=O)c1ccc(C(=O)NC(C)CN(C)c2ccccc2)cc1. The number of likely N-dealkylation sites (N-methyl/N-ethyl adjacent to an activating group) is 1. The lowest BCUT2D eigenvalue weighted by atomic mass is 10.2. The van der Waals surface area contributed by atoms with Crippen molar-refractivity contribution in [2.24, 2.45) is 0 Å². The summed E-state index contributed by atoms with van der Waals surface area (Å²) in [5.74, 6) is -0.229. The molecule has 6 nitrogen and oxygen atoms in total. The number of amides is 1. The summed E-state index contributed by atoms with van der Waals surface area (Å²) in [5.41, 5.74) is 1.50. The van der Waals surface area contributed by atoms with Gasteiger partial charge in [0.2, 0.25) is 10.0 Å². The van der Waals surface area contributed by atoms with Gasteiger partial charge in [0.15, 0.2) is 0 Å². The van der Waals surface area contributed by atoms with Crippen molar-refractivity contribution in [1.29, 1.82) is 0 Å². The van der Waals surface area contributed by atoms with Crippen molar-refractivity contribution in [3.8, 4) is 0 Å². The molecule has 0 bridgehead atoms. The summed E-state index contributed by atoms with van der Waals surface area (Å²) >= 11 is 0. The molecule has 28 heavy (non-hydrogen) atoms. The number of nitrogens with zero attached hydrogens (tertiary/aromatic N) is 1. The summed E-state index contributed by atoms with van der Waals surface area (Å²) < 4.78 is 27.2. The Labute approximate surface area is 168 Å². The van der Waals surface area contributed by atoms with E-state index in [0.29, 0.717) is 18.5 Å². The van der Waals surface area contributed by atoms with Gasteiger partial charge in [0.1, 0.15) is 0 Å². The minimum atomic E-state index is -3.57. The summed E-state index contributed by atoms with van der Waals surface area (Å²) in [6.45, 7) is 6.32. The summed E-state index contributed by atoms with van der Waals surface area (Å²) in [6, 6.07) is 15.7. The number of carbonyl (C=O) groups is 1. The highest BCUT2D eigenvalue weighted by Gasteiger charge is 2.18. The van der Waals surface area contributed by atoms with Crippen LogP contribution in [0, 0.1) is 0 Å². The van der Waals surface area contributed by atoms with E-state index in [1.807, 2.05) is 58.2 Å². The second kappa shape index (κ2) is 9.71. The zero-order valence-electron chi connectivity index (χ0n) is 16.8. The van der Waals surface area contributed by atoms with Gasteiger partial charge in [0.25, 0.3) is 5.91 Å². The maximum absolute atomic E-state index is 12.5. The van der Waals surface area contributed by atoms with Crippen LogP contribution < -0.4 is 14.9 Å². The first-order valence-corrected chi connectivity index (χ1v) is 10.9. The molecule has 0 aliphatic heterocycles. The molecule has 0 aliphatic carbocycles. The van der Waals surface area contributed by atoms with Crippen LogP contribution in [0.4, 0.5) is 5.69 Å². The highest BCUT2D eigenvalue weighted by molar-refractivity contribution is 7.89. The van der Waals surface area contributed by atoms with Gasteiger partial charge in [0.05, 0.1) is 4.90 Å². The van der Waals surface area contributed by atoms with Gasteiger partial charge < -0.3 is 10.2 Å². The molecule has 0 aliphatic rings. The maximum Gasteiger partial charge on any atom is 0.251 e. The van der Waals surface area contributed by atoms with E-state index in [1.165, 1.54) is 24.3 Å². The van der Waals surface area contributed by atoms with Crippen LogP contribution in [0.5, 0.6) is 0 Å². The van der Waals surface area contributed by atoms with E-state index in [1.54, 1.807) is 0 Å². The molecule has 7 heteroatoms. The number of anilines is 1. The number of sulfonamides is 1. The fraction of sp³-hybridized carbons (Fsp3) is 0.381. The molecule has 0 spiro atoms. The van der Waals surface area contributed by atoms with Crippen LogP contribution >= 0.6 is 0 Å². The van der Waals surface area contributed by atoms with E-state index in [0.717, 1.165) is 5.69 Å². The van der Waals surface area contributed by atoms with E-state index >= 15 is 0 Å². The Morgan fingerprint density at radius 3 is 2.18 bits per heavy atom. The molecular weight excluding hydrogens is 374 g/mol. The van der Waals surface area contributed by atoms with Gasteiger partial charge in [-0.3, -0.25) is 4.79 Å². The first-order valence-electron chi connectivity index (χ1n) is 9.42. The fourth-order valence-electron chi connectivity index (χ4n) is 2.75. The van der Waals surface area contributed by atoms with Crippen molar-refractivity contribution in [1.82, 2.24) is 10.0 Å². The number of carbonyl (C=O) groups excluding carboxylic acids is 1. The number of para-hydroxylation sites is 1. The second-order valence-electron chi connectivity index (χ2n) is 7.05. The van der Waals surface area contributed by atoms with Crippen molar-refractivity contribution < 1.29 is 13.2 Å². The minimum absolute atomic E-state index is 0.0758. The van der Waals surface area contributed by atoms with Crippen LogP contribution in [0.2, 0.25) is 0 Å². The zero-order chi connectivity index (χ0) is 20.7. The van der Waals surface area contributed by atoms with E-state index < -0.39 is 10.0 Å². The zero-order valence-corrected chi connectivity index (χ0v) is 17.7. The molecule has 2 aromatic carbocycles. The summed E-state index contributed by atoms with van der Waals surface area (Å²) in [5, 5.41) is 2.95. The Kier molecular flexibility index (Phi) is 7.60. The normalized spacial score (nSPS) is 13.6. The molecular formula is C21H29N3O3S. The van der Waals surface area contributed by atoms with Crippen LogP contribution in [0.1, 0.15) is 37.6 Å². The fourth-order valence-corrected chi connectivity index (χ4v) is 4.08. The Morgan fingerprint density at radius 2 is 1.61 bits per heavy atom. The van der Waals surface area contributed by atoms with E-state index in [9.17, 15) is 13.2 Å². The topological polar surface area (TPSA) is 78.5 Å². The van der Waals surface area contributed by atoms with Crippen LogP contribution in [-0.2, 0) is 10.0 Å². The Balaban J connectivity index is 1.97. The highest BCUT2D eigenvalue weighted by atomic mass is 32.2. The maximum atomic E-state index is 12.5. The monoisotopic (exact) mass is 403 g/mol. The average molecular weight is 404 g/mol. The first-order chi connectivity index (χ1) is 13.2. The quantitative estimate of drug-likeness (QED) is 0.675. The van der Waals surface area contributed by atoms with E-state index in [-0.39, 0.29) is 22.9 Å². The van der Waals surface area contributed by atoms with Gasteiger partial charge in [-0.25, -0.2) is 13.1 Å². The van der Waals surface area contributed by atoms with Crippen LogP contribution in [0.25, 0.3) is 0 Å². The first kappa shape index (κ1) is 21.9. The lowest BCUT2D eigenvalue weighted by Gasteiger charge is -2.24. The van der Waals surface area contributed by atoms with Gasteiger partial charge in [-0.1, -0.05) is 25.1 Å². The largest absolute Gasteiger partial charge is 0.373 e. The molecule has 1 amide bonds. The molecule has 0 aromatic heterocycles. The lowest BCUT2D eigenvalue weighted by Crippen LogP contribution is -2.40. The average Bonchev–Trinajstić information content (AvgIpc) is 2.68. The number of nitrogens with one attached hydrogen (secondary N) is 2. The molecule has 0 radical (unpaired) electrons. The Morgan fingerprint density at radius 1 is 1.00 bits per heavy atom. The molecule has 152 valence electrons. The predicted molar refractivity (Wildman–Crippen MR) is 113 cm³/mol. The van der Waals surface area contributed by atoms with Crippen molar-refractivity contribution >= 4 is 21.6 Å². The summed E-state index contributed by atoms with van der Waals surface area (Å²) in [7, 11) is -1.60. The standard InChI is InChI=1S/C21H29N3O3S/c1-5-16(2)23-28(26,27)20-13-11-18(12-14-20)21(25)22-17(3)15-24(4)19-9-7-6-8-10-19/h6-14,16-17,23H,5,15H2,1-4H3,(H,22,25). The smallest absolute Gasteiger partial charge is 0.251 e. The molecule has 2 atom stereocenters. The molecule has 2 N–H and O–H groups in total. The molecule has 2 aromatic rings. The van der Waals surface area contributed by atoms with Crippen LogP contribution in [-0.4, -0.2) is 40.0 Å². The molecule has 0 saturated carbocycles. The second-order valence-corrected chi connectivity index (χ2v) is 8.76. The number of hydrogen-bond donors (Lipinski definition) is 2. The predicted octanol–water partition coefficient (Wildman–Crippen LogP) is 3.02. The molecule has 2 unspecified atom stereocenters. The third-order valence-corrected chi connectivity index (χ3v) is 6.12. The summed E-state index contributed by atoms with van der Waals surface area (Å²) in [4.78, 5) is 14.7. The molecule has 0 saturated heterocycles. The third kappa shape index (κ3) is 6.07. The number of hydrogen-bond acceptors (Lipinski definition) is 4. The van der Waals surface area contributed by atoms with Crippen molar-refractivity contribution in [2.75, 3.05) is 18.5 Å². The molecule has 2 rings (SSSR count). The van der Waals surface area contributed by atoms with Gasteiger partial charge in [-0.2, -0.15) is 0 Å². The number of benzene rings is 2. The summed E-state index contributed by atoms with van der Waals surface area (Å²) in [6.07, 6.45) is 0.703. The van der Waals surface area contributed by atoms with E-state index in [4.69, 9.17) is 0 Å². The molecule has 0 fully saturated rings. The van der Waals surface area contributed by atoms with Gasteiger partial charge in [-0.15, -0.1) is 0 Å². The minimum Gasteiger partial charge on any atom is -0.373 e. The number of rotatable bonds is 9.